The van der Waals surface area contributed by atoms with Gasteiger partial charge in [0.25, 0.3) is 0 Å². The van der Waals surface area contributed by atoms with Crippen molar-refractivity contribution in [3.8, 4) is 0 Å². The predicted octanol–water partition coefficient (Wildman–Crippen LogP) is 6.42. The van der Waals surface area contributed by atoms with Gasteiger partial charge in [-0.15, -0.1) is 0 Å². The molecule has 1 aliphatic heterocycles. The molecule has 0 unspecified atom stereocenters. The fraction of sp³-hybridized carbons (Fsp3) is 0.600. The second-order valence-corrected chi connectivity index (χ2v) is 6.64. The molecule has 0 aromatic carbocycles. The largest absolute Gasteiger partial charge is 0.457 e. The Bertz CT molecular complexity index is 440. The summed E-state index contributed by atoms with van der Waals surface area (Å²) in [5.41, 5.74) is 4.35. The Labute approximate surface area is 136 Å². The molecule has 0 aromatic heterocycles. The Morgan fingerprint density at radius 1 is 0.818 bits per heavy atom. The number of hydrogen-bond donors (Lipinski definition) is 0. The molecule has 0 aromatic rings. The van der Waals surface area contributed by atoms with Crippen LogP contribution in [0.4, 0.5) is 0 Å². The maximum Gasteiger partial charge on any atom is 0.247 e. The third-order valence-electron chi connectivity index (χ3n) is 3.90. The van der Waals surface area contributed by atoms with Gasteiger partial charge in [-0.3, -0.25) is 0 Å². The van der Waals surface area contributed by atoms with Gasteiger partial charge >= 0.3 is 0 Å². The lowest BCUT2D eigenvalue weighted by Gasteiger charge is -2.22. The van der Waals surface area contributed by atoms with Crippen LogP contribution in [-0.4, -0.2) is 5.79 Å². The molecule has 0 spiro atoms. The van der Waals surface area contributed by atoms with E-state index in [1.807, 2.05) is 6.92 Å². The van der Waals surface area contributed by atoms with Crippen molar-refractivity contribution in [1.82, 2.24) is 0 Å². The maximum atomic E-state index is 5.44. The minimum Gasteiger partial charge on any atom is -0.457 e. The van der Waals surface area contributed by atoms with Crippen LogP contribution in [0.3, 0.4) is 0 Å². The van der Waals surface area contributed by atoms with Gasteiger partial charge in [-0.25, -0.2) is 0 Å². The van der Waals surface area contributed by atoms with Gasteiger partial charge in [-0.2, -0.15) is 0 Å². The van der Waals surface area contributed by atoms with Crippen LogP contribution in [0, 0.1) is 0 Å². The normalized spacial score (nSPS) is 17.1. The average molecular weight is 304 g/mol. The molecule has 0 bridgehead atoms. The molecule has 0 atom stereocenters. The van der Waals surface area contributed by atoms with E-state index in [4.69, 9.17) is 9.47 Å². The van der Waals surface area contributed by atoms with Crippen molar-refractivity contribution in [2.75, 3.05) is 0 Å². The van der Waals surface area contributed by atoms with E-state index in [9.17, 15) is 0 Å². The third kappa shape index (κ3) is 8.11. The Kier molecular flexibility index (Phi) is 8.08. The van der Waals surface area contributed by atoms with Crippen molar-refractivity contribution in [2.45, 2.75) is 78.9 Å². The zero-order valence-electron chi connectivity index (χ0n) is 14.9. The van der Waals surface area contributed by atoms with Crippen molar-refractivity contribution in [3.63, 3.8) is 0 Å². The van der Waals surface area contributed by atoms with Gasteiger partial charge in [0.2, 0.25) is 5.79 Å². The Morgan fingerprint density at radius 2 is 1.32 bits per heavy atom. The summed E-state index contributed by atoms with van der Waals surface area (Å²) in [4.78, 5) is 0. The highest BCUT2D eigenvalue weighted by Gasteiger charge is 2.27. The molecule has 0 amide bonds. The average Bonchev–Trinajstić information content (AvgIpc) is 2.85. The highest BCUT2D eigenvalue weighted by molar-refractivity contribution is 5.05. The summed E-state index contributed by atoms with van der Waals surface area (Å²) in [6, 6.07) is 0. The second kappa shape index (κ2) is 9.55. The molecule has 0 saturated heterocycles. The molecular formula is C20H32O2. The van der Waals surface area contributed by atoms with E-state index in [0.29, 0.717) is 0 Å². The summed E-state index contributed by atoms with van der Waals surface area (Å²) in [7, 11) is 0. The first kappa shape index (κ1) is 18.6. The summed E-state index contributed by atoms with van der Waals surface area (Å²) < 4.78 is 10.9. The Morgan fingerprint density at radius 3 is 1.86 bits per heavy atom. The lowest BCUT2D eigenvalue weighted by Crippen LogP contribution is -2.24. The van der Waals surface area contributed by atoms with Gasteiger partial charge in [-0.05, 0) is 59.8 Å². The molecule has 0 radical (unpaired) electrons. The third-order valence-corrected chi connectivity index (χ3v) is 3.90. The smallest absolute Gasteiger partial charge is 0.247 e. The molecule has 0 fully saturated rings. The molecule has 0 aliphatic carbocycles. The van der Waals surface area contributed by atoms with E-state index in [1.165, 1.54) is 23.1 Å². The van der Waals surface area contributed by atoms with E-state index in [1.54, 1.807) is 12.5 Å². The standard InChI is InChI=1S/C20H32O2/c1-17(2)9-6-10-18(3)11-7-12-19(4)13-8-14-20(5)21-15-16-22-20/h9,11,13,15-16H,6-8,10,12,14H2,1-5H3/b18-11+,19-13+. The predicted molar refractivity (Wildman–Crippen MR) is 94.4 cm³/mol. The summed E-state index contributed by atoms with van der Waals surface area (Å²) in [5, 5.41) is 0. The quantitative estimate of drug-likeness (QED) is 0.457. The first-order valence-corrected chi connectivity index (χ1v) is 8.36. The van der Waals surface area contributed by atoms with E-state index < -0.39 is 5.79 Å². The lowest BCUT2D eigenvalue weighted by molar-refractivity contribution is -0.129. The van der Waals surface area contributed by atoms with Crippen LogP contribution in [0.1, 0.15) is 73.1 Å². The monoisotopic (exact) mass is 304 g/mol. The molecule has 0 saturated carbocycles. The van der Waals surface area contributed by atoms with E-state index in [-0.39, 0.29) is 0 Å². The summed E-state index contributed by atoms with van der Waals surface area (Å²) >= 11 is 0. The van der Waals surface area contributed by atoms with E-state index in [0.717, 1.165) is 32.1 Å². The van der Waals surface area contributed by atoms with Gasteiger partial charge in [0.05, 0.1) is 0 Å². The van der Waals surface area contributed by atoms with E-state index in [2.05, 4.69) is 45.9 Å². The number of hydrogen-bond acceptors (Lipinski definition) is 2. The van der Waals surface area contributed by atoms with Crippen LogP contribution in [0.5, 0.6) is 0 Å². The highest BCUT2D eigenvalue weighted by atomic mass is 16.7. The summed E-state index contributed by atoms with van der Waals surface area (Å²) in [5.74, 6) is -0.460. The van der Waals surface area contributed by atoms with Crippen LogP contribution in [-0.2, 0) is 9.47 Å². The van der Waals surface area contributed by atoms with Crippen molar-refractivity contribution in [2.24, 2.45) is 0 Å². The minimum absolute atomic E-state index is 0.460. The zero-order valence-corrected chi connectivity index (χ0v) is 14.9. The number of rotatable bonds is 9. The number of allylic oxidation sites excluding steroid dienone is 6. The van der Waals surface area contributed by atoms with Gasteiger partial charge in [0.15, 0.2) is 0 Å². The second-order valence-electron chi connectivity index (χ2n) is 6.64. The molecule has 2 nitrogen and oxygen atoms in total. The molecule has 1 heterocycles. The van der Waals surface area contributed by atoms with Crippen molar-refractivity contribution in [1.29, 1.82) is 0 Å². The molecule has 22 heavy (non-hydrogen) atoms. The first-order valence-electron chi connectivity index (χ1n) is 8.36. The van der Waals surface area contributed by atoms with Gasteiger partial charge in [0, 0.05) is 13.3 Å². The SMILES string of the molecule is CC(C)=CCC/C(C)=C/CC/C(C)=C/CCC1(C)OC=CO1. The van der Waals surface area contributed by atoms with Crippen LogP contribution in [0.2, 0.25) is 0 Å². The van der Waals surface area contributed by atoms with Gasteiger partial charge in [-0.1, -0.05) is 34.9 Å². The fourth-order valence-corrected chi connectivity index (χ4v) is 2.41. The Hall–Kier alpha value is -1.44. The minimum atomic E-state index is -0.460. The van der Waals surface area contributed by atoms with Crippen molar-refractivity contribution in [3.05, 3.63) is 47.5 Å². The maximum absolute atomic E-state index is 5.44. The van der Waals surface area contributed by atoms with Crippen molar-refractivity contribution < 1.29 is 9.47 Å². The lowest BCUT2D eigenvalue weighted by atomic mass is 10.0. The van der Waals surface area contributed by atoms with Crippen LogP contribution >= 0.6 is 0 Å². The van der Waals surface area contributed by atoms with Crippen molar-refractivity contribution >= 4 is 0 Å². The van der Waals surface area contributed by atoms with Gasteiger partial charge in [0.1, 0.15) is 12.5 Å². The Balaban J connectivity index is 2.20. The van der Waals surface area contributed by atoms with Gasteiger partial charge < -0.3 is 9.47 Å². The molecular weight excluding hydrogens is 272 g/mol. The topological polar surface area (TPSA) is 18.5 Å². The summed E-state index contributed by atoms with van der Waals surface area (Å²) in [6.07, 6.45) is 16.7. The first-order chi connectivity index (χ1) is 10.4. The fourth-order valence-electron chi connectivity index (χ4n) is 2.41. The molecule has 1 aliphatic rings. The van der Waals surface area contributed by atoms with Crippen LogP contribution < -0.4 is 0 Å². The molecule has 1 rings (SSSR count). The number of ether oxygens (including phenoxy) is 2. The summed E-state index contributed by atoms with van der Waals surface area (Å²) in [6.45, 7) is 10.7. The molecule has 2 heteroatoms. The van der Waals surface area contributed by atoms with E-state index >= 15 is 0 Å². The zero-order chi connectivity index (χ0) is 16.4. The highest BCUT2D eigenvalue weighted by Crippen LogP contribution is 2.25. The molecule has 0 N–H and O–H groups in total. The molecule has 124 valence electrons. The van der Waals surface area contributed by atoms with Crippen LogP contribution in [0.25, 0.3) is 0 Å². The van der Waals surface area contributed by atoms with Crippen LogP contribution in [0.15, 0.2) is 47.5 Å².